The van der Waals surface area contributed by atoms with E-state index in [4.69, 9.17) is 5.11 Å². The van der Waals surface area contributed by atoms with Crippen molar-refractivity contribution in [3.63, 3.8) is 0 Å². The fraction of sp³-hybridized carbons (Fsp3) is 0.462. The first-order valence-corrected chi connectivity index (χ1v) is 5.72. The minimum absolute atomic E-state index is 0.133. The number of hydrogen-bond acceptors (Lipinski definition) is 3. The lowest BCUT2D eigenvalue weighted by Crippen LogP contribution is -2.49. The van der Waals surface area contributed by atoms with E-state index >= 15 is 0 Å². The van der Waals surface area contributed by atoms with Gasteiger partial charge >= 0.3 is 5.97 Å². The van der Waals surface area contributed by atoms with Crippen molar-refractivity contribution in [3.8, 4) is 0 Å². The lowest BCUT2D eigenvalue weighted by Gasteiger charge is -2.27. The van der Waals surface area contributed by atoms with Crippen molar-refractivity contribution in [1.82, 2.24) is 10.3 Å². The molecule has 18 heavy (non-hydrogen) atoms. The molecule has 0 fully saturated rings. The van der Waals surface area contributed by atoms with Crippen molar-refractivity contribution in [3.05, 3.63) is 30.1 Å². The second kappa shape index (κ2) is 5.62. The number of aliphatic carboxylic acids is 1. The van der Waals surface area contributed by atoms with Gasteiger partial charge in [-0.3, -0.25) is 9.78 Å². The SMILES string of the molecule is CC(C)(C)[C@@H](NC(=O)Cc1cccnc1)C(=O)O. The molecule has 0 aliphatic carbocycles. The number of carbonyl (C=O) groups excluding carboxylic acids is 1. The summed E-state index contributed by atoms with van der Waals surface area (Å²) in [6, 6.07) is 2.61. The quantitative estimate of drug-likeness (QED) is 0.842. The molecule has 5 nitrogen and oxygen atoms in total. The van der Waals surface area contributed by atoms with E-state index in [1.165, 1.54) is 0 Å². The normalized spacial score (nSPS) is 12.8. The summed E-state index contributed by atoms with van der Waals surface area (Å²) in [5.74, 6) is -1.34. The molecule has 0 bridgehead atoms. The first kappa shape index (κ1) is 14.2. The number of carboxylic acid groups (broad SMARTS) is 1. The minimum Gasteiger partial charge on any atom is -0.480 e. The van der Waals surface area contributed by atoms with Crippen molar-refractivity contribution in [2.75, 3.05) is 0 Å². The predicted molar refractivity (Wildman–Crippen MR) is 67.0 cm³/mol. The molecule has 1 amide bonds. The smallest absolute Gasteiger partial charge is 0.326 e. The van der Waals surface area contributed by atoms with Crippen molar-refractivity contribution < 1.29 is 14.7 Å². The zero-order valence-electron chi connectivity index (χ0n) is 10.8. The average Bonchev–Trinajstić information content (AvgIpc) is 2.25. The summed E-state index contributed by atoms with van der Waals surface area (Å²) in [4.78, 5) is 26.8. The second-order valence-electron chi connectivity index (χ2n) is 5.24. The zero-order valence-corrected chi connectivity index (χ0v) is 10.8. The van der Waals surface area contributed by atoms with Gasteiger partial charge in [-0.25, -0.2) is 4.79 Å². The Morgan fingerprint density at radius 3 is 2.56 bits per heavy atom. The van der Waals surface area contributed by atoms with E-state index in [-0.39, 0.29) is 12.3 Å². The third-order valence-electron chi connectivity index (χ3n) is 2.51. The average molecular weight is 250 g/mol. The molecule has 0 saturated heterocycles. The molecule has 1 heterocycles. The Morgan fingerprint density at radius 2 is 2.11 bits per heavy atom. The van der Waals surface area contributed by atoms with Crippen LogP contribution in [0.25, 0.3) is 0 Å². The molecule has 0 spiro atoms. The molecule has 98 valence electrons. The molecule has 1 atom stereocenters. The second-order valence-corrected chi connectivity index (χ2v) is 5.24. The van der Waals surface area contributed by atoms with E-state index in [2.05, 4.69) is 10.3 Å². The summed E-state index contributed by atoms with van der Waals surface area (Å²) in [6.07, 6.45) is 3.34. The minimum atomic E-state index is -1.03. The van der Waals surface area contributed by atoms with Gasteiger partial charge in [0, 0.05) is 12.4 Å². The lowest BCUT2D eigenvalue weighted by molar-refractivity contribution is -0.144. The number of amides is 1. The lowest BCUT2D eigenvalue weighted by atomic mass is 9.86. The molecular weight excluding hydrogens is 232 g/mol. The Bertz CT molecular complexity index is 424. The summed E-state index contributed by atoms with van der Waals surface area (Å²) in [5, 5.41) is 11.6. The maximum Gasteiger partial charge on any atom is 0.326 e. The van der Waals surface area contributed by atoms with Gasteiger partial charge in [0.05, 0.1) is 6.42 Å². The summed E-state index contributed by atoms with van der Waals surface area (Å²) in [7, 11) is 0. The van der Waals surface area contributed by atoms with Gasteiger partial charge in [-0.05, 0) is 17.0 Å². The van der Waals surface area contributed by atoms with E-state index in [0.717, 1.165) is 5.56 Å². The Hall–Kier alpha value is -1.91. The Kier molecular flexibility index (Phi) is 4.42. The van der Waals surface area contributed by atoms with Gasteiger partial charge in [-0.15, -0.1) is 0 Å². The van der Waals surface area contributed by atoms with Crippen LogP contribution in [-0.2, 0) is 16.0 Å². The van der Waals surface area contributed by atoms with Crippen molar-refractivity contribution in [2.45, 2.75) is 33.2 Å². The molecule has 2 N–H and O–H groups in total. The van der Waals surface area contributed by atoms with Gasteiger partial charge in [0.1, 0.15) is 6.04 Å². The predicted octanol–water partition coefficient (Wildman–Crippen LogP) is 1.24. The summed E-state index contributed by atoms with van der Waals surface area (Å²) >= 11 is 0. The van der Waals surface area contributed by atoms with Crippen molar-refractivity contribution >= 4 is 11.9 Å². The summed E-state index contributed by atoms with van der Waals surface area (Å²) < 4.78 is 0. The highest BCUT2D eigenvalue weighted by atomic mass is 16.4. The van der Waals surface area contributed by atoms with Crippen LogP contribution >= 0.6 is 0 Å². The highest BCUT2D eigenvalue weighted by molar-refractivity contribution is 5.85. The summed E-state index contributed by atoms with van der Waals surface area (Å²) in [6.45, 7) is 5.32. The zero-order chi connectivity index (χ0) is 13.8. The van der Waals surface area contributed by atoms with Gasteiger partial charge in [-0.2, -0.15) is 0 Å². The Labute approximate surface area is 106 Å². The summed E-state index contributed by atoms with van der Waals surface area (Å²) in [5.41, 5.74) is 0.226. The van der Waals surface area contributed by atoms with E-state index in [9.17, 15) is 9.59 Å². The number of nitrogens with one attached hydrogen (secondary N) is 1. The fourth-order valence-electron chi connectivity index (χ4n) is 1.55. The molecular formula is C13H18N2O3. The first-order valence-electron chi connectivity index (χ1n) is 5.72. The van der Waals surface area contributed by atoms with Gasteiger partial charge in [0.25, 0.3) is 0 Å². The molecule has 1 aromatic rings. The third-order valence-corrected chi connectivity index (χ3v) is 2.51. The maximum atomic E-state index is 11.8. The fourth-order valence-corrected chi connectivity index (χ4v) is 1.55. The molecule has 0 unspecified atom stereocenters. The van der Waals surface area contributed by atoms with Crippen LogP contribution in [0.1, 0.15) is 26.3 Å². The molecule has 1 aromatic heterocycles. The first-order chi connectivity index (χ1) is 8.30. The standard InChI is InChI=1S/C13H18N2O3/c1-13(2,3)11(12(17)18)15-10(16)7-9-5-4-6-14-8-9/h4-6,8,11H,7H2,1-3H3,(H,15,16)(H,17,18)/t11-/m0/s1. The molecule has 0 radical (unpaired) electrons. The van der Waals surface area contributed by atoms with Gasteiger partial charge in [-0.1, -0.05) is 26.8 Å². The van der Waals surface area contributed by atoms with E-state index in [1.807, 2.05) is 0 Å². The number of aromatic nitrogens is 1. The van der Waals surface area contributed by atoms with Crippen molar-refractivity contribution in [2.24, 2.45) is 5.41 Å². The van der Waals surface area contributed by atoms with E-state index in [0.29, 0.717) is 0 Å². The molecule has 0 saturated carbocycles. The molecule has 0 aliphatic rings. The molecule has 0 aromatic carbocycles. The highest BCUT2D eigenvalue weighted by Gasteiger charge is 2.32. The van der Waals surface area contributed by atoms with Gasteiger partial charge in [0.15, 0.2) is 0 Å². The van der Waals surface area contributed by atoms with Crippen LogP contribution in [0, 0.1) is 5.41 Å². The Morgan fingerprint density at radius 1 is 1.44 bits per heavy atom. The van der Waals surface area contributed by atoms with Crippen LogP contribution in [-0.4, -0.2) is 28.0 Å². The number of nitrogens with zero attached hydrogens (tertiary/aromatic N) is 1. The number of rotatable bonds is 4. The Balaban J connectivity index is 2.66. The maximum absolute atomic E-state index is 11.8. The molecule has 5 heteroatoms. The van der Waals surface area contributed by atoms with Crippen LogP contribution in [0.4, 0.5) is 0 Å². The number of pyridine rings is 1. The van der Waals surface area contributed by atoms with E-state index < -0.39 is 17.4 Å². The molecule has 0 aliphatic heterocycles. The van der Waals surface area contributed by atoms with Crippen LogP contribution < -0.4 is 5.32 Å². The van der Waals surface area contributed by atoms with Crippen LogP contribution in [0.5, 0.6) is 0 Å². The highest BCUT2D eigenvalue weighted by Crippen LogP contribution is 2.19. The number of carbonyl (C=O) groups is 2. The number of hydrogen-bond donors (Lipinski definition) is 2. The van der Waals surface area contributed by atoms with Gasteiger partial charge in [0.2, 0.25) is 5.91 Å². The van der Waals surface area contributed by atoms with E-state index in [1.54, 1.807) is 45.3 Å². The van der Waals surface area contributed by atoms with Gasteiger partial charge < -0.3 is 10.4 Å². The largest absolute Gasteiger partial charge is 0.480 e. The van der Waals surface area contributed by atoms with Crippen LogP contribution in [0.2, 0.25) is 0 Å². The topological polar surface area (TPSA) is 79.3 Å². The third kappa shape index (κ3) is 4.16. The van der Waals surface area contributed by atoms with Crippen LogP contribution in [0.3, 0.4) is 0 Å². The van der Waals surface area contributed by atoms with Crippen molar-refractivity contribution in [1.29, 1.82) is 0 Å². The monoisotopic (exact) mass is 250 g/mol. The molecule has 1 rings (SSSR count). The van der Waals surface area contributed by atoms with Crippen LogP contribution in [0.15, 0.2) is 24.5 Å². The number of carboxylic acids is 1.